The lowest BCUT2D eigenvalue weighted by atomic mass is 9.90. The summed E-state index contributed by atoms with van der Waals surface area (Å²) in [6.07, 6.45) is 6.44. The fourth-order valence-electron chi connectivity index (χ4n) is 3.04. The van der Waals surface area contributed by atoms with E-state index in [0.29, 0.717) is 6.04 Å². The van der Waals surface area contributed by atoms with E-state index in [2.05, 4.69) is 22.0 Å². The van der Waals surface area contributed by atoms with Gasteiger partial charge in [-0.25, -0.2) is 0 Å². The van der Waals surface area contributed by atoms with Gasteiger partial charge in [0.15, 0.2) is 0 Å². The summed E-state index contributed by atoms with van der Waals surface area (Å²) in [4.78, 5) is 6.82. The molecular formula is C17H23N3O. The van der Waals surface area contributed by atoms with Gasteiger partial charge in [0, 0.05) is 53.2 Å². The number of nitrogen functional groups attached to an aromatic ring is 1. The first-order valence-electron chi connectivity index (χ1n) is 7.73. The number of nitrogens with zero attached hydrogens (tertiary/aromatic N) is 2. The van der Waals surface area contributed by atoms with Crippen molar-refractivity contribution in [3.8, 4) is 0 Å². The highest BCUT2D eigenvalue weighted by Gasteiger charge is 2.26. The van der Waals surface area contributed by atoms with Crippen molar-refractivity contribution in [3.63, 3.8) is 0 Å². The molecule has 2 aromatic rings. The minimum absolute atomic E-state index is 0.233. The maximum atomic E-state index is 9.18. The number of anilines is 2. The molecule has 0 amide bonds. The van der Waals surface area contributed by atoms with Crippen LogP contribution in [0.5, 0.6) is 0 Å². The summed E-state index contributed by atoms with van der Waals surface area (Å²) < 4.78 is 0. The highest BCUT2D eigenvalue weighted by Crippen LogP contribution is 2.36. The van der Waals surface area contributed by atoms with Gasteiger partial charge in [0.1, 0.15) is 0 Å². The molecule has 0 radical (unpaired) electrons. The van der Waals surface area contributed by atoms with E-state index in [1.807, 2.05) is 19.2 Å². The summed E-state index contributed by atoms with van der Waals surface area (Å²) in [5.41, 5.74) is 9.10. The Kier molecular flexibility index (Phi) is 3.97. The highest BCUT2D eigenvalue weighted by atomic mass is 16.3. The fourth-order valence-corrected chi connectivity index (χ4v) is 3.04. The topological polar surface area (TPSA) is 62.4 Å². The Balaban J connectivity index is 2.07. The van der Waals surface area contributed by atoms with Crippen LogP contribution in [0.15, 0.2) is 24.4 Å². The summed E-state index contributed by atoms with van der Waals surface area (Å²) in [7, 11) is 0. The van der Waals surface area contributed by atoms with Gasteiger partial charge in [0.05, 0.1) is 0 Å². The molecule has 0 atom stereocenters. The molecule has 4 nitrogen and oxygen atoms in total. The van der Waals surface area contributed by atoms with Crippen LogP contribution in [0, 0.1) is 6.92 Å². The number of rotatable bonds is 5. The fraction of sp³-hybridized carbons (Fsp3) is 0.471. The summed E-state index contributed by atoms with van der Waals surface area (Å²) >= 11 is 0. The summed E-state index contributed by atoms with van der Waals surface area (Å²) in [5.74, 6) is 0. The van der Waals surface area contributed by atoms with Gasteiger partial charge in [0.25, 0.3) is 0 Å². The molecule has 1 aromatic carbocycles. The van der Waals surface area contributed by atoms with Crippen LogP contribution in [-0.2, 0) is 0 Å². The molecule has 112 valence electrons. The van der Waals surface area contributed by atoms with E-state index in [1.54, 1.807) is 0 Å². The minimum Gasteiger partial charge on any atom is -0.398 e. The number of aliphatic hydroxyl groups is 1. The first-order chi connectivity index (χ1) is 10.2. The molecule has 1 aliphatic rings. The van der Waals surface area contributed by atoms with E-state index in [0.717, 1.165) is 29.7 Å². The van der Waals surface area contributed by atoms with Gasteiger partial charge in [0.2, 0.25) is 0 Å². The molecule has 0 aliphatic heterocycles. The van der Waals surface area contributed by atoms with Crippen molar-refractivity contribution in [2.24, 2.45) is 0 Å². The number of aromatic nitrogens is 1. The molecule has 1 saturated carbocycles. The monoisotopic (exact) mass is 285 g/mol. The van der Waals surface area contributed by atoms with Crippen molar-refractivity contribution in [1.29, 1.82) is 0 Å². The third-order valence-electron chi connectivity index (χ3n) is 4.43. The van der Waals surface area contributed by atoms with Crippen molar-refractivity contribution in [2.45, 2.75) is 38.6 Å². The number of hydrogen-bond acceptors (Lipinski definition) is 4. The summed E-state index contributed by atoms with van der Waals surface area (Å²) in [6.45, 7) is 3.13. The number of hydrogen-bond donors (Lipinski definition) is 2. The largest absolute Gasteiger partial charge is 0.398 e. The zero-order valence-electron chi connectivity index (χ0n) is 12.5. The number of benzene rings is 1. The summed E-state index contributed by atoms with van der Waals surface area (Å²) in [6, 6.07) is 6.80. The molecule has 4 heteroatoms. The molecule has 0 unspecified atom stereocenters. The van der Waals surface area contributed by atoms with Crippen LogP contribution in [0.1, 0.15) is 31.4 Å². The number of pyridine rings is 1. The molecule has 3 rings (SSSR count). The maximum absolute atomic E-state index is 9.18. The van der Waals surface area contributed by atoms with Crippen LogP contribution in [0.3, 0.4) is 0 Å². The van der Waals surface area contributed by atoms with Crippen LogP contribution < -0.4 is 10.6 Å². The van der Waals surface area contributed by atoms with E-state index in [1.165, 1.54) is 30.3 Å². The van der Waals surface area contributed by atoms with Crippen molar-refractivity contribution in [1.82, 2.24) is 4.98 Å². The lowest BCUT2D eigenvalue weighted by molar-refractivity contribution is 0.283. The van der Waals surface area contributed by atoms with Crippen molar-refractivity contribution in [3.05, 3.63) is 30.1 Å². The van der Waals surface area contributed by atoms with E-state index < -0.39 is 0 Å². The molecule has 3 N–H and O–H groups in total. The minimum atomic E-state index is 0.233. The normalized spacial score (nSPS) is 15.1. The molecule has 0 spiro atoms. The van der Waals surface area contributed by atoms with Crippen LogP contribution in [0.4, 0.5) is 11.4 Å². The Labute approximate surface area is 125 Å². The van der Waals surface area contributed by atoms with Crippen molar-refractivity contribution in [2.75, 3.05) is 23.8 Å². The molecule has 21 heavy (non-hydrogen) atoms. The summed E-state index contributed by atoms with van der Waals surface area (Å²) in [5, 5.41) is 11.4. The Bertz CT molecular complexity index is 637. The highest BCUT2D eigenvalue weighted by molar-refractivity contribution is 6.01. The number of fused-ring (bicyclic) bond motifs is 1. The van der Waals surface area contributed by atoms with Gasteiger partial charge >= 0.3 is 0 Å². The average Bonchev–Trinajstić information content (AvgIpc) is 2.42. The Morgan fingerprint density at radius 2 is 2.14 bits per heavy atom. The first-order valence-corrected chi connectivity index (χ1v) is 7.73. The zero-order chi connectivity index (χ0) is 14.8. The molecule has 1 aromatic heterocycles. The van der Waals surface area contributed by atoms with Crippen LogP contribution in [-0.4, -0.2) is 29.3 Å². The molecule has 1 heterocycles. The van der Waals surface area contributed by atoms with Gasteiger partial charge in [-0.15, -0.1) is 0 Å². The van der Waals surface area contributed by atoms with Gasteiger partial charge in [-0.3, -0.25) is 4.98 Å². The number of aliphatic hydroxyl groups excluding tert-OH is 1. The van der Waals surface area contributed by atoms with E-state index in [9.17, 15) is 5.11 Å². The second kappa shape index (κ2) is 5.90. The van der Waals surface area contributed by atoms with Crippen LogP contribution in [0.25, 0.3) is 10.8 Å². The van der Waals surface area contributed by atoms with Crippen LogP contribution >= 0.6 is 0 Å². The van der Waals surface area contributed by atoms with Crippen molar-refractivity contribution >= 4 is 22.1 Å². The maximum Gasteiger partial charge on any atom is 0.0451 e. The smallest absolute Gasteiger partial charge is 0.0451 e. The van der Waals surface area contributed by atoms with Crippen LogP contribution in [0.2, 0.25) is 0 Å². The SMILES string of the molecule is Cc1cc2c(N(CCCO)C3CCC3)ccc(N)c2cn1. The Hall–Kier alpha value is -1.81. The van der Waals surface area contributed by atoms with Gasteiger partial charge in [-0.05, 0) is 50.8 Å². The van der Waals surface area contributed by atoms with E-state index >= 15 is 0 Å². The second-order valence-electron chi connectivity index (χ2n) is 5.90. The molecule has 1 fully saturated rings. The molecule has 1 aliphatic carbocycles. The predicted octanol–water partition coefficient (Wildman–Crippen LogP) is 2.87. The Morgan fingerprint density at radius 3 is 2.81 bits per heavy atom. The number of aryl methyl sites for hydroxylation is 1. The molecular weight excluding hydrogens is 262 g/mol. The third-order valence-corrected chi connectivity index (χ3v) is 4.43. The molecule has 0 bridgehead atoms. The van der Waals surface area contributed by atoms with E-state index in [-0.39, 0.29) is 6.61 Å². The van der Waals surface area contributed by atoms with Crippen molar-refractivity contribution < 1.29 is 5.11 Å². The third kappa shape index (κ3) is 2.68. The van der Waals surface area contributed by atoms with Gasteiger partial charge in [-0.1, -0.05) is 0 Å². The molecule has 0 saturated heterocycles. The predicted molar refractivity (Wildman–Crippen MR) is 87.6 cm³/mol. The van der Waals surface area contributed by atoms with E-state index in [4.69, 9.17) is 5.73 Å². The average molecular weight is 285 g/mol. The Morgan fingerprint density at radius 1 is 1.33 bits per heavy atom. The first kappa shape index (κ1) is 14.1. The standard InChI is InChI=1S/C17H23N3O/c1-12-10-14-15(11-19-12)16(18)6-7-17(14)20(8-3-9-21)13-4-2-5-13/h6-7,10-11,13,21H,2-5,8-9,18H2,1H3. The quantitative estimate of drug-likeness (QED) is 0.829. The van der Waals surface area contributed by atoms with Gasteiger partial charge in [-0.2, -0.15) is 0 Å². The zero-order valence-corrected chi connectivity index (χ0v) is 12.5. The lowest BCUT2D eigenvalue weighted by Crippen LogP contribution is -2.41. The second-order valence-corrected chi connectivity index (χ2v) is 5.90. The number of nitrogens with two attached hydrogens (primary N) is 1. The van der Waals surface area contributed by atoms with Gasteiger partial charge < -0.3 is 15.7 Å². The lowest BCUT2D eigenvalue weighted by Gasteiger charge is -2.40.